The molecule has 3 heteroatoms. The van der Waals surface area contributed by atoms with Crippen LogP contribution < -0.4 is 10.1 Å². The third-order valence-corrected chi connectivity index (χ3v) is 5.14. The van der Waals surface area contributed by atoms with Crippen LogP contribution in [0.25, 0.3) is 10.8 Å². The maximum absolute atomic E-state index is 5.34. The van der Waals surface area contributed by atoms with Crippen molar-refractivity contribution in [1.82, 2.24) is 10.2 Å². The van der Waals surface area contributed by atoms with Crippen molar-refractivity contribution in [3.63, 3.8) is 0 Å². The zero-order valence-electron chi connectivity index (χ0n) is 14.5. The molecule has 1 fully saturated rings. The predicted molar refractivity (Wildman–Crippen MR) is 97.1 cm³/mol. The second-order valence-electron chi connectivity index (χ2n) is 6.59. The lowest BCUT2D eigenvalue weighted by molar-refractivity contribution is 0.128. The number of hydrogen-bond acceptors (Lipinski definition) is 3. The Hall–Kier alpha value is -1.58. The van der Waals surface area contributed by atoms with Gasteiger partial charge in [0.1, 0.15) is 5.75 Å². The minimum Gasteiger partial charge on any atom is -0.497 e. The quantitative estimate of drug-likeness (QED) is 0.908. The Labute approximate surface area is 139 Å². The molecule has 2 aromatic rings. The van der Waals surface area contributed by atoms with Crippen molar-refractivity contribution in [2.24, 2.45) is 5.92 Å². The summed E-state index contributed by atoms with van der Waals surface area (Å²) < 4.78 is 5.34. The van der Waals surface area contributed by atoms with Crippen molar-refractivity contribution >= 4 is 10.8 Å². The van der Waals surface area contributed by atoms with Gasteiger partial charge in [0.15, 0.2) is 0 Å². The van der Waals surface area contributed by atoms with Gasteiger partial charge in [-0.1, -0.05) is 38.5 Å². The first kappa shape index (κ1) is 16.3. The molecule has 3 rings (SSSR count). The van der Waals surface area contributed by atoms with E-state index in [1.165, 1.54) is 22.8 Å². The van der Waals surface area contributed by atoms with E-state index in [0.717, 1.165) is 31.9 Å². The highest BCUT2D eigenvalue weighted by Crippen LogP contribution is 2.33. The first-order valence-electron chi connectivity index (χ1n) is 8.75. The van der Waals surface area contributed by atoms with Crippen LogP contribution in [0.3, 0.4) is 0 Å². The Morgan fingerprint density at radius 3 is 2.48 bits per heavy atom. The first-order chi connectivity index (χ1) is 11.2. The van der Waals surface area contributed by atoms with Gasteiger partial charge in [-0.15, -0.1) is 0 Å². The fourth-order valence-electron chi connectivity index (χ4n) is 3.64. The normalized spacial score (nSPS) is 18.7. The summed E-state index contributed by atoms with van der Waals surface area (Å²) in [5.74, 6) is 1.58. The number of fused-ring (bicyclic) bond motifs is 1. The molecule has 0 amide bonds. The van der Waals surface area contributed by atoms with E-state index in [2.05, 4.69) is 60.5 Å². The zero-order chi connectivity index (χ0) is 16.2. The summed E-state index contributed by atoms with van der Waals surface area (Å²) in [6, 6.07) is 13.8. The maximum atomic E-state index is 5.34. The Morgan fingerprint density at radius 2 is 1.78 bits per heavy atom. The predicted octanol–water partition coefficient (Wildman–Crippen LogP) is 3.84. The molecule has 124 valence electrons. The molecule has 0 aliphatic carbocycles. The second-order valence-corrected chi connectivity index (χ2v) is 6.59. The highest BCUT2D eigenvalue weighted by molar-refractivity contribution is 5.84. The van der Waals surface area contributed by atoms with E-state index in [9.17, 15) is 0 Å². The Balaban J connectivity index is 1.96. The second kappa shape index (κ2) is 7.33. The lowest BCUT2D eigenvalue weighted by Crippen LogP contribution is -2.46. The summed E-state index contributed by atoms with van der Waals surface area (Å²) in [6.07, 6.45) is 1.20. The summed E-state index contributed by atoms with van der Waals surface area (Å²) in [4.78, 5) is 2.65. The summed E-state index contributed by atoms with van der Waals surface area (Å²) in [6.45, 7) is 9.14. The minimum absolute atomic E-state index is 0.508. The average molecular weight is 312 g/mol. The van der Waals surface area contributed by atoms with Crippen LogP contribution in [-0.4, -0.2) is 38.2 Å². The van der Waals surface area contributed by atoms with Crippen molar-refractivity contribution in [3.05, 3.63) is 42.0 Å². The van der Waals surface area contributed by atoms with Crippen LogP contribution >= 0.6 is 0 Å². The van der Waals surface area contributed by atoms with E-state index >= 15 is 0 Å². The van der Waals surface area contributed by atoms with Crippen molar-refractivity contribution in [1.29, 1.82) is 0 Å². The van der Waals surface area contributed by atoms with E-state index in [4.69, 9.17) is 4.74 Å². The van der Waals surface area contributed by atoms with Gasteiger partial charge in [-0.05, 0) is 40.5 Å². The van der Waals surface area contributed by atoms with Crippen LogP contribution in [0.1, 0.15) is 31.9 Å². The number of nitrogens with one attached hydrogen (secondary N) is 1. The standard InChI is InChI=1S/C20H28N2O/c1-4-15(2)20(22-11-9-21-10-12-22)18-6-5-17-14-19(23-3)8-7-16(17)13-18/h5-8,13-15,20-21H,4,9-12H2,1-3H3/t15?,20-/m1/s1. The number of piperazine rings is 1. The molecule has 1 aliphatic heterocycles. The van der Waals surface area contributed by atoms with Gasteiger partial charge in [-0.2, -0.15) is 0 Å². The summed E-state index contributed by atoms with van der Waals surface area (Å²) >= 11 is 0. The molecule has 1 unspecified atom stereocenters. The molecule has 0 radical (unpaired) electrons. The van der Waals surface area contributed by atoms with Crippen LogP contribution in [0.15, 0.2) is 36.4 Å². The molecule has 3 nitrogen and oxygen atoms in total. The molecule has 0 bridgehead atoms. The highest BCUT2D eigenvalue weighted by atomic mass is 16.5. The molecule has 0 saturated carbocycles. The number of hydrogen-bond donors (Lipinski definition) is 1. The molecule has 0 aromatic heterocycles. The summed E-state index contributed by atoms with van der Waals surface area (Å²) in [5, 5.41) is 6.01. The Morgan fingerprint density at radius 1 is 1.09 bits per heavy atom. The fourth-order valence-corrected chi connectivity index (χ4v) is 3.64. The Bertz CT molecular complexity index is 649. The average Bonchev–Trinajstić information content (AvgIpc) is 2.62. The van der Waals surface area contributed by atoms with Gasteiger partial charge in [0.2, 0.25) is 0 Å². The molecule has 2 aromatic carbocycles. The molecule has 2 atom stereocenters. The number of ether oxygens (including phenoxy) is 1. The topological polar surface area (TPSA) is 24.5 Å². The molecule has 1 saturated heterocycles. The Kier molecular flexibility index (Phi) is 5.19. The van der Waals surface area contributed by atoms with Crippen molar-refractivity contribution < 1.29 is 4.74 Å². The van der Waals surface area contributed by atoms with Crippen LogP contribution in [0, 0.1) is 5.92 Å². The monoisotopic (exact) mass is 312 g/mol. The molecule has 1 heterocycles. The van der Waals surface area contributed by atoms with Crippen LogP contribution in [0.2, 0.25) is 0 Å². The van der Waals surface area contributed by atoms with Crippen LogP contribution in [0.4, 0.5) is 0 Å². The van der Waals surface area contributed by atoms with Gasteiger partial charge in [-0.3, -0.25) is 4.90 Å². The van der Waals surface area contributed by atoms with Crippen LogP contribution in [-0.2, 0) is 0 Å². The largest absolute Gasteiger partial charge is 0.497 e. The molecule has 1 aliphatic rings. The number of benzene rings is 2. The number of methoxy groups -OCH3 is 1. The molecular weight excluding hydrogens is 284 g/mol. The number of rotatable bonds is 5. The minimum atomic E-state index is 0.508. The van der Waals surface area contributed by atoms with Gasteiger partial charge in [0.25, 0.3) is 0 Å². The molecule has 1 N–H and O–H groups in total. The van der Waals surface area contributed by atoms with Gasteiger partial charge in [0, 0.05) is 32.2 Å². The molecule has 0 spiro atoms. The summed E-state index contributed by atoms with van der Waals surface area (Å²) in [5.41, 5.74) is 1.44. The first-order valence-corrected chi connectivity index (χ1v) is 8.75. The smallest absolute Gasteiger partial charge is 0.119 e. The van der Waals surface area contributed by atoms with Crippen molar-refractivity contribution in [2.75, 3.05) is 33.3 Å². The van der Waals surface area contributed by atoms with Crippen molar-refractivity contribution in [3.8, 4) is 5.75 Å². The van der Waals surface area contributed by atoms with E-state index < -0.39 is 0 Å². The lowest BCUT2D eigenvalue weighted by Gasteiger charge is -2.38. The zero-order valence-corrected chi connectivity index (χ0v) is 14.5. The van der Waals surface area contributed by atoms with Gasteiger partial charge in [0.05, 0.1) is 7.11 Å². The SMILES string of the molecule is CCC(C)[C@H](c1ccc2cc(OC)ccc2c1)N1CCNCC1. The maximum Gasteiger partial charge on any atom is 0.119 e. The summed E-state index contributed by atoms with van der Waals surface area (Å²) in [7, 11) is 1.72. The third kappa shape index (κ3) is 3.51. The van der Waals surface area contributed by atoms with E-state index in [-0.39, 0.29) is 0 Å². The lowest BCUT2D eigenvalue weighted by atomic mass is 9.89. The van der Waals surface area contributed by atoms with Gasteiger partial charge < -0.3 is 10.1 Å². The van der Waals surface area contributed by atoms with Crippen molar-refractivity contribution in [2.45, 2.75) is 26.3 Å². The van der Waals surface area contributed by atoms with E-state index in [1.807, 2.05) is 0 Å². The fraction of sp³-hybridized carbons (Fsp3) is 0.500. The van der Waals surface area contributed by atoms with Crippen LogP contribution in [0.5, 0.6) is 5.75 Å². The van der Waals surface area contributed by atoms with Gasteiger partial charge in [-0.25, -0.2) is 0 Å². The highest BCUT2D eigenvalue weighted by Gasteiger charge is 2.26. The van der Waals surface area contributed by atoms with E-state index in [0.29, 0.717) is 12.0 Å². The third-order valence-electron chi connectivity index (χ3n) is 5.14. The number of nitrogens with zero attached hydrogens (tertiary/aromatic N) is 1. The molecule has 23 heavy (non-hydrogen) atoms. The van der Waals surface area contributed by atoms with E-state index in [1.54, 1.807) is 7.11 Å². The van der Waals surface area contributed by atoms with Gasteiger partial charge >= 0.3 is 0 Å². The molecular formula is C20H28N2O.